The third-order valence-corrected chi connectivity index (χ3v) is 3.25. The van der Waals surface area contributed by atoms with E-state index >= 15 is 0 Å². The number of hydrogen-bond donors (Lipinski definition) is 0. The molecule has 0 radical (unpaired) electrons. The van der Waals surface area contributed by atoms with Crippen LogP contribution in [0.15, 0.2) is 24.3 Å². The molecule has 0 aliphatic carbocycles. The van der Waals surface area contributed by atoms with E-state index < -0.39 is 0 Å². The van der Waals surface area contributed by atoms with Gasteiger partial charge in [-0.1, -0.05) is 24.6 Å². The van der Waals surface area contributed by atoms with Crippen molar-refractivity contribution in [2.24, 2.45) is 0 Å². The zero-order valence-electron chi connectivity index (χ0n) is 11.6. The Morgan fingerprint density at radius 3 is 2.84 bits per heavy atom. The fourth-order valence-corrected chi connectivity index (χ4v) is 2.09. The molecule has 19 heavy (non-hydrogen) atoms. The van der Waals surface area contributed by atoms with Gasteiger partial charge in [-0.3, -0.25) is 4.79 Å². The number of hydrogen-bond acceptors (Lipinski definition) is 3. The second-order valence-corrected chi connectivity index (χ2v) is 4.81. The summed E-state index contributed by atoms with van der Waals surface area (Å²) in [6, 6.07) is 7.94. The van der Waals surface area contributed by atoms with E-state index in [2.05, 4.69) is 0 Å². The average molecular weight is 263 g/mol. The standard InChI is InChI=1S/C15H21NO3/c1-3-15(17)16-8-9-18-14(10-16)11-19-13-6-4-12(2)5-7-13/h4-7,14H,3,8-11H2,1-2H3. The molecule has 4 nitrogen and oxygen atoms in total. The zero-order valence-corrected chi connectivity index (χ0v) is 11.6. The topological polar surface area (TPSA) is 38.8 Å². The molecular weight excluding hydrogens is 242 g/mol. The highest BCUT2D eigenvalue weighted by atomic mass is 16.5. The van der Waals surface area contributed by atoms with Crippen LogP contribution in [0.5, 0.6) is 5.75 Å². The normalized spacial score (nSPS) is 19.3. The molecule has 0 aromatic heterocycles. The lowest BCUT2D eigenvalue weighted by Crippen LogP contribution is -2.47. The van der Waals surface area contributed by atoms with E-state index in [0.29, 0.717) is 32.7 Å². The second kappa shape index (κ2) is 6.57. The first kappa shape index (κ1) is 13.9. The van der Waals surface area contributed by atoms with Gasteiger partial charge in [-0.2, -0.15) is 0 Å². The van der Waals surface area contributed by atoms with Gasteiger partial charge in [-0.05, 0) is 19.1 Å². The van der Waals surface area contributed by atoms with Gasteiger partial charge in [0.1, 0.15) is 18.5 Å². The molecule has 1 saturated heterocycles. The highest BCUT2D eigenvalue weighted by Gasteiger charge is 2.23. The van der Waals surface area contributed by atoms with Crippen LogP contribution in [0.2, 0.25) is 0 Å². The molecule has 0 bridgehead atoms. The van der Waals surface area contributed by atoms with Crippen molar-refractivity contribution < 1.29 is 14.3 Å². The molecule has 104 valence electrons. The Labute approximate surface area is 114 Å². The highest BCUT2D eigenvalue weighted by Crippen LogP contribution is 2.13. The van der Waals surface area contributed by atoms with Crippen molar-refractivity contribution in [3.05, 3.63) is 29.8 Å². The largest absolute Gasteiger partial charge is 0.491 e. The van der Waals surface area contributed by atoms with E-state index in [0.717, 1.165) is 5.75 Å². The maximum Gasteiger partial charge on any atom is 0.222 e. The molecule has 0 N–H and O–H groups in total. The molecule has 4 heteroatoms. The van der Waals surface area contributed by atoms with Gasteiger partial charge in [-0.25, -0.2) is 0 Å². The molecule has 1 heterocycles. The van der Waals surface area contributed by atoms with E-state index in [1.165, 1.54) is 5.56 Å². The fraction of sp³-hybridized carbons (Fsp3) is 0.533. The maximum absolute atomic E-state index is 11.7. The molecule has 1 aliphatic rings. The molecule has 1 atom stereocenters. The summed E-state index contributed by atoms with van der Waals surface area (Å²) in [5, 5.41) is 0. The average Bonchev–Trinajstić information content (AvgIpc) is 2.46. The predicted octanol–water partition coefficient (Wildman–Crippen LogP) is 2.01. The van der Waals surface area contributed by atoms with E-state index in [1.54, 1.807) is 0 Å². The lowest BCUT2D eigenvalue weighted by Gasteiger charge is -2.32. The van der Waals surface area contributed by atoms with Crippen molar-refractivity contribution in [1.82, 2.24) is 4.90 Å². The first-order valence-electron chi connectivity index (χ1n) is 6.78. The van der Waals surface area contributed by atoms with Crippen LogP contribution >= 0.6 is 0 Å². The summed E-state index contributed by atoms with van der Waals surface area (Å²) in [6.45, 7) is 6.31. The van der Waals surface area contributed by atoms with Crippen molar-refractivity contribution >= 4 is 5.91 Å². The summed E-state index contributed by atoms with van der Waals surface area (Å²) in [4.78, 5) is 13.5. The zero-order chi connectivity index (χ0) is 13.7. The Hall–Kier alpha value is -1.55. The summed E-state index contributed by atoms with van der Waals surface area (Å²) in [7, 11) is 0. The van der Waals surface area contributed by atoms with Gasteiger partial charge in [0.2, 0.25) is 5.91 Å². The molecule has 1 fully saturated rings. The molecular formula is C15H21NO3. The molecule has 1 aromatic carbocycles. The van der Waals surface area contributed by atoms with Crippen LogP contribution in [0.3, 0.4) is 0 Å². The van der Waals surface area contributed by atoms with Crippen LogP contribution in [0.1, 0.15) is 18.9 Å². The van der Waals surface area contributed by atoms with Crippen molar-refractivity contribution in [2.75, 3.05) is 26.3 Å². The Morgan fingerprint density at radius 2 is 2.16 bits per heavy atom. The van der Waals surface area contributed by atoms with E-state index in [4.69, 9.17) is 9.47 Å². The molecule has 2 rings (SSSR count). The van der Waals surface area contributed by atoms with Crippen molar-refractivity contribution in [1.29, 1.82) is 0 Å². The summed E-state index contributed by atoms with van der Waals surface area (Å²) < 4.78 is 11.3. The van der Waals surface area contributed by atoms with Crippen LogP contribution in [-0.4, -0.2) is 43.2 Å². The number of ether oxygens (including phenoxy) is 2. The molecule has 1 aromatic rings. The Bertz CT molecular complexity index is 416. The number of morpholine rings is 1. The summed E-state index contributed by atoms with van der Waals surface area (Å²) in [5.41, 5.74) is 1.21. The van der Waals surface area contributed by atoms with E-state index in [9.17, 15) is 4.79 Å². The minimum atomic E-state index is -0.0365. The highest BCUT2D eigenvalue weighted by molar-refractivity contribution is 5.75. The van der Waals surface area contributed by atoms with Crippen molar-refractivity contribution in [2.45, 2.75) is 26.4 Å². The number of amides is 1. The summed E-state index contributed by atoms with van der Waals surface area (Å²) in [6.07, 6.45) is 0.511. The van der Waals surface area contributed by atoms with Gasteiger partial charge in [0.05, 0.1) is 13.2 Å². The number of carbonyl (C=O) groups excluding carboxylic acids is 1. The summed E-state index contributed by atoms with van der Waals surface area (Å²) in [5.74, 6) is 1.02. The van der Waals surface area contributed by atoms with Gasteiger partial charge in [-0.15, -0.1) is 0 Å². The van der Waals surface area contributed by atoms with Crippen LogP contribution in [-0.2, 0) is 9.53 Å². The smallest absolute Gasteiger partial charge is 0.222 e. The fourth-order valence-electron chi connectivity index (χ4n) is 2.09. The van der Waals surface area contributed by atoms with Crippen molar-refractivity contribution in [3.63, 3.8) is 0 Å². The minimum Gasteiger partial charge on any atom is -0.491 e. The van der Waals surface area contributed by atoms with Gasteiger partial charge in [0, 0.05) is 13.0 Å². The first-order valence-corrected chi connectivity index (χ1v) is 6.78. The van der Waals surface area contributed by atoms with E-state index in [-0.39, 0.29) is 12.0 Å². The molecule has 1 aliphatic heterocycles. The Kier molecular flexibility index (Phi) is 4.80. The summed E-state index contributed by atoms with van der Waals surface area (Å²) >= 11 is 0. The number of rotatable bonds is 4. The second-order valence-electron chi connectivity index (χ2n) is 4.81. The van der Waals surface area contributed by atoms with Crippen LogP contribution in [0.4, 0.5) is 0 Å². The lowest BCUT2D eigenvalue weighted by molar-refractivity contribution is -0.139. The van der Waals surface area contributed by atoms with Gasteiger partial charge >= 0.3 is 0 Å². The number of carbonyl (C=O) groups is 1. The first-order chi connectivity index (χ1) is 9.19. The third kappa shape index (κ3) is 3.96. The van der Waals surface area contributed by atoms with E-state index in [1.807, 2.05) is 43.0 Å². The quantitative estimate of drug-likeness (QED) is 0.834. The number of benzene rings is 1. The van der Waals surface area contributed by atoms with Crippen LogP contribution in [0.25, 0.3) is 0 Å². The molecule has 1 amide bonds. The number of aryl methyl sites for hydroxylation is 1. The van der Waals surface area contributed by atoms with Crippen LogP contribution < -0.4 is 4.74 Å². The lowest BCUT2D eigenvalue weighted by atomic mass is 10.2. The minimum absolute atomic E-state index is 0.0365. The molecule has 0 saturated carbocycles. The maximum atomic E-state index is 11.7. The Balaban J connectivity index is 1.82. The van der Waals surface area contributed by atoms with Crippen LogP contribution in [0, 0.1) is 6.92 Å². The van der Waals surface area contributed by atoms with Crippen molar-refractivity contribution in [3.8, 4) is 5.75 Å². The van der Waals surface area contributed by atoms with Gasteiger partial charge in [0.25, 0.3) is 0 Å². The number of nitrogens with zero attached hydrogens (tertiary/aromatic N) is 1. The SMILES string of the molecule is CCC(=O)N1CCOC(COc2ccc(C)cc2)C1. The van der Waals surface area contributed by atoms with Gasteiger partial charge in [0.15, 0.2) is 0 Å². The van der Waals surface area contributed by atoms with Gasteiger partial charge < -0.3 is 14.4 Å². The monoisotopic (exact) mass is 263 g/mol. The Morgan fingerprint density at radius 1 is 1.42 bits per heavy atom. The third-order valence-electron chi connectivity index (χ3n) is 3.25. The molecule has 0 spiro atoms. The molecule has 1 unspecified atom stereocenters. The predicted molar refractivity (Wildman–Crippen MR) is 73.3 cm³/mol.